The lowest BCUT2D eigenvalue weighted by molar-refractivity contribution is 0.0715. The van der Waals surface area contributed by atoms with Crippen LogP contribution < -0.4 is 4.74 Å². The van der Waals surface area contributed by atoms with Crippen molar-refractivity contribution in [2.24, 2.45) is 0 Å². The van der Waals surface area contributed by atoms with E-state index in [1.807, 2.05) is 37.3 Å². The number of methoxy groups -OCH3 is 1. The summed E-state index contributed by atoms with van der Waals surface area (Å²) < 4.78 is 5.28. The number of aliphatic hydroxyl groups is 1. The Morgan fingerprint density at radius 2 is 2.21 bits per heavy atom. The number of aromatic nitrogens is 1. The van der Waals surface area contributed by atoms with Crippen molar-refractivity contribution in [3.05, 3.63) is 59.4 Å². The van der Waals surface area contributed by atoms with E-state index in [1.165, 1.54) is 0 Å². The first-order chi connectivity index (χ1) is 11.6. The minimum Gasteiger partial charge on any atom is -0.497 e. The Bertz CT molecular complexity index is 732. The van der Waals surface area contributed by atoms with E-state index in [9.17, 15) is 9.90 Å². The van der Waals surface area contributed by atoms with Crippen LogP contribution in [0.4, 0.5) is 0 Å². The number of hydrogen-bond donors (Lipinski definition) is 1. The van der Waals surface area contributed by atoms with E-state index in [0.29, 0.717) is 18.5 Å². The number of ether oxygens (including phenoxy) is 1. The third kappa shape index (κ3) is 3.26. The summed E-state index contributed by atoms with van der Waals surface area (Å²) in [5, 5.41) is 10.1. The molecular formula is C19H22N2O3. The van der Waals surface area contributed by atoms with Crippen molar-refractivity contribution in [3.63, 3.8) is 0 Å². The molecule has 2 aromatic rings. The standard InChI is InChI=1S/C19H22N2O3/c1-3-13-7-15(11-20-10-13)19(23)21-12-16(22)9-18(21)14-5-4-6-17(8-14)24-2/h4-8,10-11,16,18,22H,3,9,12H2,1-2H3/t16-,18-/m0/s1. The van der Waals surface area contributed by atoms with E-state index in [4.69, 9.17) is 4.74 Å². The van der Waals surface area contributed by atoms with E-state index < -0.39 is 6.10 Å². The first kappa shape index (κ1) is 16.5. The van der Waals surface area contributed by atoms with Gasteiger partial charge in [0.2, 0.25) is 0 Å². The molecule has 0 aliphatic carbocycles. The number of pyridine rings is 1. The number of carbonyl (C=O) groups is 1. The number of β-amino-alcohol motifs (C(OH)–C–C–N with tert-alkyl or cyclic N) is 1. The molecule has 0 saturated carbocycles. The lowest BCUT2D eigenvalue weighted by atomic mass is 10.0. The summed E-state index contributed by atoms with van der Waals surface area (Å²) in [5.41, 5.74) is 2.56. The largest absolute Gasteiger partial charge is 0.497 e. The third-order valence-corrected chi connectivity index (χ3v) is 4.47. The molecule has 2 atom stereocenters. The van der Waals surface area contributed by atoms with Gasteiger partial charge in [-0.05, 0) is 42.2 Å². The van der Waals surface area contributed by atoms with Crippen LogP contribution in [0, 0.1) is 0 Å². The molecule has 0 spiro atoms. The molecule has 1 aromatic carbocycles. The van der Waals surface area contributed by atoms with Gasteiger partial charge in [-0.15, -0.1) is 0 Å². The molecule has 1 aliphatic heterocycles. The molecule has 1 aliphatic rings. The third-order valence-electron chi connectivity index (χ3n) is 4.47. The van der Waals surface area contributed by atoms with E-state index in [1.54, 1.807) is 24.4 Å². The number of rotatable bonds is 4. The predicted molar refractivity (Wildman–Crippen MR) is 91.0 cm³/mol. The number of amides is 1. The average Bonchev–Trinajstić information content (AvgIpc) is 3.03. The zero-order valence-electron chi connectivity index (χ0n) is 14.0. The van der Waals surface area contributed by atoms with Gasteiger partial charge in [-0.2, -0.15) is 0 Å². The van der Waals surface area contributed by atoms with Gasteiger partial charge in [0.15, 0.2) is 0 Å². The summed E-state index contributed by atoms with van der Waals surface area (Å²) >= 11 is 0. The summed E-state index contributed by atoms with van der Waals surface area (Å²) in [6, 6.07) is 9.38. The van der Waals surface area contributed by atoms with Gasteiger partial charge >= 0.3 is 0 Å². The number of likely N-dealkylation sites (tertiary alicyclic amines) is 1. The zero-order valence-corrected chi connectivity index (χ0v) is 14.0. The molecule has 1 aromatic heterocycles. The Balaban J connectivity index is 1.90. The fraction of sp³-hybridized carbons (Fsp3) is 0.368. The van der Waals surface area contributed by atoms with E-state index in [0.717, 1.165) is 23.3 Å². The van der Waals surface area contributed by atoms with Crippen molar-refractivity contribution >= 4 is 5.91 Å². The first-order valence-corrected chi connectivity index (χ1v) is 8.19. The monoisotopic (exact) mass is 326 g/mol. The molecule has 5 nitrogen and oxygen atoms in total. The molecule has 24 heavy (non-hydrogen) atoms. The van der Waals surface area contributed by atoms with E-state index in [2.05, 4.69) is 4.98 Å². The highest BCUT2D eigenvalue weighted by molar-refractivity contribution is 5.94. The molecule has 1 N–H and O–H groups in total. The van der Waals surface area contributed by atoms with Gasteiger partial charge < -0.3 is 14.7 Å². The Morgan fingerprint density at radius 1 is 1.38 bits per heavy atom. The van der Waals surface area contributed by atoms with Crippen LogP contribution in [-0.2, 0) is 6.42 Å². The minimum absolute atomic E-state index is 0.0952. The normalized spacial score (nSPS) is 20.2. The van der Waals surface area contributed by atoms with Crippen molar-refractivity contribution in [2.45, 2.75) is 31.9 Å². The smallest absolute Gasteiger partial charge is 0.256 e. The molecule has 0 bridgehead atoms. The maximum Gasteiger partial charge on any atom is 0.256 e. The fourth-order valence-electron chi connectivity index (χ4n) is 3.17. The summed E-state index contributed by atoms with van der Waals surface area (Å²) in [4.78, 5) is 18.8. The van der Waals surface area contributed by atoms with Crippen molar-refractivity contribution in [1.29, 1.82) is 0 Å². The lowest BCUT2D eigenvalue weighted by Gasteiger charge is -2.25. The van der Waals surface area contributed by atoms with E-state index in [-0.39, 0.29) is 11.9 Å². The molecule has 126 valence electrons. The maximum absolute atomic E-state index is 12.9. The summed E-state index contributed by atoms with van der Waals surface area (Å²) in [7, 11) is 1.62. The highest BCUT2D eigenvalue weighted by Gasteiger charge is 2.36. The van der Waals surface area contributed by atoms with Gasteiger partial charge in [-0.3, -0.25) is 9.78 Å². The molecule has 1 amide bonds. The highest BCUT2D eigenvalue weighted by Crippen LogP contribution is 2.34. The minimum atomic E-state index is -0.521. The second-order valence-electron chi connectivity index (χ2n) is 6.07. The lowest BCUT2D eigenvalue weighted by Crippen LogP contribution is -2.32. The van der Waals surface area contributed by atoms with Crippen LogP contribution in [0.3, 0.4) is 0 Å². The molecule has 1 saturated heterocycles. The predicted octanol–water partition coefficient (Wildman–Crippen LogP) is 2.60. The molecule has 2 heterocycles. The number of aryl methyl sites for hydroxylation is 1. The van der Waals surface area contributed by atoms with Crippen LogP contribution >= 0.6 is 0 Å². The molecule has 1 fully saturated rings. The molecular weight excluding hydrogens is 304 g/mol. The fourth-order valence-corrected chi connectivity index (χ4v) is 3.17. The number of hydrogen-bond acceptors (Lipinski definition) is 4. The van der Waals surface area contributed by atoms with Crippen molar-refractivity contribution in [3.8, 4) is 5.75 Å². The van der Waals surface area contributed by atoms with Crippen molar-refractivity contribution < 1.29 is 14.6 Å². The zero-order chi connectivity index (χ0) is 17.1. The van der Waals surface area contributed by atoms with Crippen molar-refractivity contribution in [2.75, 3.05) is 13.7 Å². The highest BCUT2D eigenvalue weighted by atomic mass is 16.5. The van der Waals surface area contributed by atoms with E-state index >= 15 is 0 Å². The Morgan fingerprint density at radius 3 is 2.96 bits per heavy atom. The van der Waals surface area contributed by atoms with Gasteiger partial charge in [-0.25, -0.2) is 0 Å². The second-order valence-corrected chi connectivity index (χ2v) is 6.07. The first-order valence-electron chi connectivity index (χ1n) is 8.19. The summed E-state index contributed by atoms with van der Waals surface area (Å²) in [6.45, 7) is 2.36. The quantitative estimate of drug-likeness (QED) is 0.938. The summed E-state index contributed by atoms with van der Waals surface area (Å²) in [6.07, 6.45) is 4.20. The molecule has 0 unspecified atom stereocenters. The molecule has 0 radical (unpaired) electrons. The van der Waals surface area contributed by atoms with Gasteiger partial charge in [0.05, 0.1) is 24.8 Å². The van der Waals surface area contributed by atoms with Gasteiger partial charge in [0, 0.05) is 18.9 Å². The SMILES string of the molecule is CCc1cncc(C(=O)N2C[C@@H](O)C[C@H]2c2cccc(OC)c2)c1. The number of benzene rings is 1. The summed E-state index contributed by atoms with van der Waals surface area (Å²) in [5.74, 6) is 0.651. The van der Waals surface area contributed by atoms with Crippen LogP contribution in [0.1, 0.15) is 40.9 Å². The number of carbonyl (C=O) groups excluding carboxylic acids is 1. The number of aliphatic hydroxyl groups excluding tert-OH is 1. The van der Waals surface area contributed by atoms with Crippen LogP contribution in [0.15, 0.2) is 42.7 Å². The van der Waals surface area contributed by atoms with Crippen LogP contribution in [0.2, 0.25) is 0 Å². The second kappa shape index (κ2) is 7.01. The van der Waals surface area contributed by atoms with Crippen LogP contribution in [0.5, 0.6) is 5.75 Å². The topological polar surface area (TPSA) is 62.7 Å². The van der Waals surface area contributed by atoms with Crippen LogP contribution in [0.25, 0.3) is 0 Å². The van der Waals surface area contributed by atoms with Gasteiger partial charge in [-0.1, -0.05) is 19.1 Å². The Labute approximate surface area is 141 Å². The van der Waals surface area contributed by atoms with Crippen molar-refractivity contribution in [1.82, 2.24) is 9.88 Å². The van der Waals surface area contributed by atoms with Gasteiger partial charge in [0.25, 0.3) is 5.91 Å². The van der Waals surface area contributed by atoms with Crippen LogP contribution in [-0.4, -0.2) is 40.7 Å². The van der Waals surface area contributed by atoms with Gasteiger partial charge in [0.1, 0.15) is 5.75 Å². The maximum atomic E-state index is 12.9. The Hall–Kier alpha value is -2.40. The number of nitrogens with zero attached hydrogens (tertiary/aromatic N) is 2. The average molecular weight is 326 g/mol. The Kier molecular flexibility index (Phi) is 4.81. The molecule has 3 rings (SSSR count). The molecule has 5 heteroatoms.